The summed E-state index contributed by atoms with van der Waals surface area (Å²) in [6.07, 6.45) is 4.45. The first-order chi connectivity index (χ1) is 11.9. The number of hydrogen-bond acceptors (Lipinski definition) is 3. The summed E-state index contributed by atoms with van der Waals surface area (Å²) < 4.78 is 27.0. The maximum Gasteiger partial charge on any atom is 0.243 e. The van der Waals surface area contributed by atoms with Crippen LogP contribution in [0, 0.1) is 11.6 Å². The Labute approximate surface area is 143 Å². The van der Waals surface area contributed by atoms with Gasteiger partial charge in [0.1, 0.15) is 17.7 Å². The molecule has 1 heterocycles. The zero-order chi connectivity index (χ0) is 18.0. The Bertz CT molecular complexity index is 768. The predicted octanol–water partition coefficient (Wildman–Crippen LogP) is 1.54. The van der Waals surface area contributed by atoms with E-state index in [1.807, 2.05) is 0 Å². The molecule has 1 aromatic carbocycles. The summed E-state index contributed by atoms with van der Waals surface area (Å²) in [5.41, 5.74) is 0.294. The third-order valence-electron chi connectivity index (χ3n) is 4.20. The van der Waals surface area contributed by atoms with Crippen LogP contribution in [0.25, 0.3) is 0 Å². The molecule has 0 aliphatic heterocycles. The van der Waals surface area contributed by atoms with Crippen LogP contribution in [0.5, 0.6) is 0 Å². The molecule has 1 aliphatic rings. The Morgan fingerprint density at radius 2 is 1.96 bits per heavy atom. The number of H-pyrrole nitrogens is 1. The molecule has 1 atom stereocenters. The summed E-state index contributed by atoms with van der Waals surface area (Å²) in [7, 11) is 0. The largest absolute Gasteiger partial charge is 0.348 e. The molecule has 6 nitrogen and oxygen atoms in total. The number of carbonyl (C=O) groups excluding carboxylic acids is 2. The van der Waals surface area contributed by atoms with Crippen LogP contribution in [-0.4, -0.2) is 27.8 Å². The maximum atomic E-state index is 13.5. The zero-order valence-electron chi connectivity index (χ0n) is 13.6. The van der Waals surface area contributed by atoms with Crippen molar-refractivity contribution >= 4 is 11.8 Å². The molecule has 1 aliphatic carbocycles. The van der Waals surface area contributed by atoms with E-state index >= 15 is 0 Å². The first-order valence-corrected chi connectivity index (χ1v) is 7.91. The van der Waals surface area contributed by atoms with Crippen LogP contribution in [0.15, 0.2) is 30.7 Å². The monoisotopic (exact) mass is 348 g/mol. The van der Waals surface area contributed by atoms with Crippen LogP contribution in [0.3, 0.4) is 0 Å². The molecule has 132 valence electrons. The van der Waals surface area contributed by atoms with Gasteiger partial charge < -0.3 is 15.6 Å². The van der Waals surface area contributed by atoms with Crippen molar-refractivity contribution in [2.45, 2.75) is 37.8 Å². The lowest BCUT2D eigenvalue weighted by atomic mass is 10.0. The first-order valence-electron chi connectivity index (χ1n) is 7.91. The zero-order valence-corrected chi connectivity index (χ0v) is 13.6. The molecule has 25 heavy (non-hydrogen) atoms. The third kappa shape index (κ3) is 4.01. The lowest BCUT2D eigenvalue weighted by Gasteiger charge is -2.23. The highest BCUT2D eigenvalue weighted by Gasteiger charge is 2.47. The molecule has 0 radical (unpaired) electrons. The molecule has 0 saturated heterocycles. The highest BCUT2D eigenvalue weighted by molar-refractivity contribution is 5.88. The van der Waals surface area contributed by atoms with Crippen molar-refractivity contribution in [3.05, 3.63) is 53.6 Å². The maximum absolute atomic E-state index is 13.5. The minimum atomic E-state index is -0.811. The van der Waals surface area contributed by atoms with Crippen LogP contribution in [0.2, 0.25) is 0 Å². The average Bonchev–Trinajstić information content (AvgIpc) is 3.12. The van der Waals surface area contributed by atoms with E-state index in [9.17, 15) is 18.4 Å². The van der Waals surface area contributed by atoms with Crippen LogP contribution >= 0.6 is 0 Å². The van der Waals surface area contributed by atoms with Gasteiger partial charge in [-0.2, -0.15) is 0 Å². The standard InChI is InChI=1S/C17H18F2N4O2/c1-10(24)22-15(7-14-8-20-9-21-14)16(25)23-17(2-3-17)11-4-12(18)6-13(19)5-11/h4-6,8-9,15H,2-3,7H2,1H3,(H,20,21)(H,22,24)(H,23,25)/t15-/m0/s1. The lowest BCUT2D eigenvalue weighted by Crippen LogP contribution is -2.50. The minimum Gasteiger partial charge on any atom is -0.348 e. The van der Waals surface area contributed by atoms with Gasteiger partial charge in [0.05, 0.1) is 11.9 Å². The highest BCUT2D eigenvalue weighted by Crippen LogP contribution is 2.45. The van der Waals surface area contributed by atoms with Gasteiger partial charge in [-0.3, -0.25) is 9.59 Å². The van der Waals surface area contributed by atoms with E-state index in [4.69, 9.17) is 0 Å². The molecule has 2 aromatic rings. The summed E-state index contributed by atoms with van der Waals surface area (Å²) in [6.45, 7) is 1.32. The van der Waals surface area contributed by atoms with Gasteiger partial charge in [-0.1, -0.05) is 0 Å². The van der Waals surface area contributed by atoms with Gasteiger partial charge in [0.2, 0.25) is 11.8 Å². The van der Waals surface area contributed by atoms with Gasteiger partial charge in [-0.25, -0.2) is 13.8 Å². The van der Waals surface area contributed by atoms with Gasteiger partial charge in [-0.15, -0.1) is 0 Å². The van der Waals surface area contributed by atoms with E-state index in [-0.39, 0.29) is 12.3 Å². The Morgan fingerprint density at radius 1 is 1.28 bits per heavy atom. The number of hydrogen-bond donors (Lipinski definition) is 3. The minimum absolute atomic E-state index is 0.235. The number of rotatable bonds is 6. The molecule has 8 heteroatoms. The number of imidazole rings is 1. The number of aromatic amines is 1. The molecule has 0 bridgehead atoms. The molecule has 1 fully saturated rings. The summed E-state index contributed by atoms with van der Waals surface area (Å²) in [5.74, 6) is -2.13. The van der Waals surface area contributed by atoms with Crippen molar-refractivity contribution in [3.63, 3.8) is 0 Å². The highest BCUT2D eigenvalue weighted by atomic mass is 19.1. The van der Waals surface area contributed by atoms with Gasteiger partial charge in [-0.05, 0) is 30.5 Å². The lowest BCUT2D eigenvalue weighted by molar-refractivity contribution is -0.128. The molecular weight excluding hydrogens is 330 g/mol. The number of aromatic nitrogens is 2. The summed E-state index contributed by atoms with van der Waals surface area (Å²) >= 11 is 0. The van der Waals surface area contributed by atoms with Gasteiger partial charge in [0.15, 0.2) is 0 Å². The van der Waals surface area contributed by atoms with Gasteiger partial charge in [0.25, 0.3) is 0 Å². The SMILES string of the molecule is CC(=O)N[C@@H](Cc1cnc[nH]1)C(=O)NC1(c2cc(F)cc(F)c2)CC1. The Kier molecular flexibility index (Phi) is 4.52. The first kappa shape index (κ1) is 17.1. The molecule has 2 amide bonds. The van der Waals surface area contributed by atoms with Crippen LogP contribution < -0.4 is 10.6 Å². The third-order valence-corrected chi connectivity index (χ3v) is 4.20. The Morgan fingerprint density at radius 3 is 2.48 bits per heavy atom. The van der Waals surface area contributed by atoms with Gasteiger partial charge in [0, 0.05) is 31.3 Å². The Balaban J connectivity index is 1.76. The second-order valence-electron chi connectivity index (χ2n) is 6.26. The van der Waals surface area contributed by atoms with E-state index in [0.717, 1.165) is 6.07 Å². The second kappa shape index (κ2) is 6.62. The fraction of sp³-hybridized carbons (Fsp3) is 0.353. The van der Waals surface area contributed by atoms with Crippen LogP contribution in [0.1, 0.15) is 31.0 Å². The molecule has 0 unspecified atom stereocenters. The molecule has 3 rings (SSSR count). The number of amides is 2. The Hall–Kier alpha value is -2.77. The smallest absolute Gasteiger partial charge is 0.243 e. The molecule has 1 aromatic heterocycles. The van der Waals surface area contributed by atoms with E-state index < -0.39 is 29.1 Å². The normalized spacial score (nSPS) is 16.1. The van der Waals surface area contributed by atoms with E-state index in [2.05, 4.69) is 20.6 Å². The predicted molar refractivity (Wildman–Crippen MR) is 85.3 cm³/mol. The fourth-order valence-electron chi connectivity index (χ4n) is 2.83. The quantitative estimate of drug-likeness (QED) is 0.740. The van der Waals surface area contributed by atoms with Gasteiger partial charge >= 0.3 is 0 Å². The number of nitrogens with zero attached hydrogens (tertiary/aromatic N) is 1. The molecule has 1 saturated carbocycles. The molecule has 0 spiro atoms. The number of halogens is 2. The van der Waals surface area contributed by atoms with Crippen molar-refractivity contribution in [3.8, 4) is 0 Å². The fourth-order valence-corrected chi connectivity index (χ4v) is 2.83. The number of nitrogens with one attached hydrogen (secondary N) is 3. The molecular formula is C17H18F2N4O2. The van der Waals surface area contributed by atoms with Crippen molar-refractivity contribution in [2.24, 2.45) is 0 Å². The molecule has 3 N–H and O–H groups in total. The van der Waals surface area contributed by atoms with Crippen molar-refractivity contribution < 1.29 is 18.4 Å². The number of carbonyl (C=O) groups is 2. The average molecular weight is 348 g/mol. The van der Waals surface area contributed by atoms with Crippen LogP contribution in [-0.2, 0) is 21.5 Å². The van der Waals surface area contributed by atoms with E-state index in [1.165, 1.54) is 25.4 Å². The summed E-state index contributed by atoms with van der Waals surface area (Å²) in [6, 6.07) is 2.42. The summed E-state index contributed by atoms with van der Waals surface area (Å²) in [5, 5.41) is 5.43. The van der Waals surface area contributed by atoms with Crippen molar-refractivity contribution in [2.75, 3.05) is 0 Å². The summed E-state index contributed by atoms with van der Waals surface area (Å²) in [4.78, 5) is 30.8. The van der Waals surface area contributed by atoms with Crippen molar-refractivity contribution in [1.29, 1.82) is 0 Å². The number of benzene rings is 1. The van der Waals surface area contributed by atoms with E-state index in [0.29, 0.717) is 24.1 Å². The van der Waals surface area contributed by atoms with Crippen molar-refractivity contribution in [1.82, 2.24) is 20.6 Å². The van der Waals surface area contributed by atoms with E-state index in [1.54, 1.807) is 6.20 Å². The second-order valence-corrected chi connectivity index (χ2v) is 6.26. The topological polar surface area (TPSA) is 86.9 Å². The van der Waals surface area contributed by atoms with Crippen LogP contribution in [0.4, 0.5) is 8.78 Å².